The topological polar surface area (TPSA) is 29.5 Å². The molecular formula is C12H24O2. The third-order valence-corrected chi connectivity index (χ3v) is 2.33. The molecule has 0 bridgehead atoms. The molecule has 0 aliphatic rings. The van der Waals surface area contributed by atoms with E-state index < -0.39 is 0 Å². The van der Waals surface area contributed by atoms with Crippen LogP contribution in [0.2, 0.25) is 0 Å². The number of hydrogen-bond donors (Lipinski definition) is 1. The lowest BCUT2D eigenvalue weighted by Crippen LogP contribution is -2.02. The van der Waals surface area contributed by atoms with Crippen LogP contribution in [-0.2, 0) is 4.74 Å². The minimum absolute atomic E-state index is 0.256. The lowest BCUT2D eigenvalue weighted by molar-refractivity contribution is 0.228. The van der Waals surface area contributed by atoms with Crippen molar-refractivity contribution in [2.75, 3.05) is 20.3 Å². The van der Waals surface area contributed by atoms with Crippen LogP contribution >= 0.6 is 0 Å². The van der Waals surface area contributed by atoms with Crippen LogP contribution in [0.3, 0.4) is 0 Å². The molecule has 0 amide bonds. The lowest BCUT2D eigenvalue weighted by atomic mass is 10.0. The summed E-state index contributed by atoms with van der Waals surface area (Å²) >= 11 is 0. The van der Waals surface area contributed by atoms with Crippen LogP contribution in [0.1, 0.15) is 39.0 Å². The van der Waals surface area contributed by atoms with Crippen LogP contribution in [0.4, 0.5) is 0 Å². The number of methoxy groups -OCH3 is 1. The van der Waals surface area contributed by atoms with Gasteiger partial charge in [-0.3, -0.25) is 0 Å². The van der Waals surface area contributed by atoms with E-state index >= 15 is 0 Å². The highest BCUT2D eigenvalue weighted by Crippen LogP contribution is 2.11. The van der Waals surface area contributed by atoms with E-state index in [0.29, 0.717) is 12.5 Å². The molecular weight excluding hydrogens is 176 g/mol. The van der Waals surface area contributed by atoms with E-state index in [1.165, 1.54) is 25.7 Å². The Labute approximate surface area is 88.0 Å². The summed E-state index contributed by atoms with van der Waals surface area (Å²) < 4.78 is 4.91. The number of hydrogen-bond acceptors (Lipinski definition) is 2. The zero-order chi connectivity index (χ0) is 10.6. The third kappa shape index (κ3) is 8.27. The lowest BCUT2D eigenvalue weighted by Gasteiger charge is -2.08. The van der Waals surface area contributed by atoms with Gasteiger partial charge in [0.05, 0.1) is 6.61 Å². The van der Waals surface area contributed by atoms with Crippen molar-refractivity contribution in [2.45, 2.75) is 39.0 Å². The quantitative estimate of drug-likeness (QED) is 0.458. The summed E-state index contributed by atoms with van der Waals surface area (Å²) in [6.07, 6.45) is 10.2. The summed E-state index contributed by atoms with van der Waals surface area (Å²) in [4.78, 5) is 0. The molecule has 0 aromatic rings. The van der Waals surface area contributed by atoms with Gasteiger partial charge in [0.25, 0.3) is 0 Å². The van der Waals surface area contributed by atoms with Crippen molar-refractivity contribution >= 4 is 0 Å². The molecule has 0 radical (unpaired) electrons. The van der Waals surface area contributed by atoms with Crippen molar-refractivity contribution in [3.8, 4) is 0 Å². The molecule has 0 fully saturated rings. The molecule has 14 heavy (non-hydrogen) atoms. The highest BCUT2D eigenvalue weighted by molar-refractivity contribution is 4.88. The molecule has 0 aromatic carbocycles. The summed E-state index contributed by atoms with van der Waals surface area (Å²) in [7, 11) is 1.68. The van der Waals surface area contributed by atoms with E-state index in [9.17, 15) is 0 Å². The number of ether oxygens (including phenoxy) is 1. The van der Waals surface area contributed by atoms with Gasteiger partial charge in [0.1, 0.15) is 0 Å². The van der Waals surface area contributed by atoms with Crippen molar-refractivity contribution in [3.63, 3.8) is 0 Å². The average Bonchev–Trinajstić information content (AvgIpc) is 2.22. The Kier molecular flexibility index (Phi) is 10.5. The first-order valence-electron chi connectivity index (χ1n) is 5.61. The second-order valence-electron chi connectivity index (χ2n) is 3.68. The zero-order valence-corrected chi connectivity index (χ0v) is 9.54. The molecule has 0 spiro atoms. The number of aliphatic hydroxyl groups excluding tert-OH is 1. The molecule has 2 heteroatoms. The highest BCUT2D eigenvalue weighted by Gasteiger charge is 2.01. The molecule has 0 unspecified atom stereocenters. The first kappa shape index (κ1) is 13.7. The average molecular weight is 200 g/mol. The Morgan fingerprint density at radius 1 is 1.29 bits per heavy atom. The van der Waals surface area contributed by atoms with Gasteiger partial charge < -0.3 is 9.84 Å². The van der Waals surface area contributed by atoms with E-state index in [0.717, 1.165) is 6.42 Å². The Bertz CT molecular complexity index is 132. The van der Waals surface area contributed by atoms with Gasteiger partial charge in [-0.15, -0.1) is 0 Å². The first-order chi connectivity index (χ1) is 6.85. The predicted molar refractivity (Wildman–Crippen MR) is 60.4 cm³/mol. The molecule has 84 valence electrons. The van der Waals surface area contributed by atoms with Crippen LogP contribution in [0.25, 0.3) is 0 Å². The zero-order valence-electron chi connectivity index (χ0n) is 9.54. The van der Waals surface area contributed by atoms with Crippen LogP contribution in [-0.4, -0.2) is 25.4 Å². The molecule has 1 atom stereocenters. The molecule has 0 rings (SSSR count). The standard InChI is InChI=1S/C12H24O2/c1-3-4-5-6-8-12(11-13)9-7-10-14-2/h7,9,12-13H,3-6,8,10-11H2,1-2H3/b9-7+/t12-/m0/s1. The number of aliphatic hydroxyl groups is 1. The first-order valence-corrected chi connectivity index (χ1v) is 5.61. The second kappa shape index (κ2) is 10.7. The van der Waals surface area contributed by atoms with Crippen molar-refractivity contribution in [2.24, 2.45) is 5.92 Å². The molecule has 1 N–H and O–H groups in total. The Morgan fingerprint density at radius 3 is 2.64 bits per heavy atom. The van der Waals surface area contributed by atoms with E-state index in [4.69, 9.17) is 9.84 Å². The highest BCUT2D eigenvalue weighted by atomic mass is 16.5. The van der Waals surface area contributed by atoms with Crippen molar-refractivity contribution < 1.29 is 9.84 Å². The fraction of sp³-hybridized carbons (Fsp3) is 0.833. The van der Waals surface area contributed by atoms with Gasteiger partial charge in [-0.2, -0.15) is 0 Å². The smallest absolute Gasteiger partial charge is 0.0643 e. The summed E-state index contributed by atoms with van der Waals surface area (Å²) in [5, 5.41) is 9.09. The van der Waals surface area contributed by atoms with Gasteiger partial charge in [0.2, 0.25) is 0 Å². The Hall–Kier alpha value is -0.340. The van der Waals surface area contributed by atoms with E-state index in [-0.39, 0.29) is 6.61 Å². The van der Waals surface area contributed by atoms with Crippen molar-refractivity contribution in [3.05, 3.63) is 12.2 Å². The molecule has 2 nitrogen and oxygen atoms in total. The van der Waals surface area contributed by atoms with E-state index in [2.05, 4.69) is 13.0 Å². The van der Waals surface area contributed by atoms with E-state index in [1.807, 2.05) is 6.08 Å². The largest absolute Gasteiger partial charge is 0.396 e. The molecule has 0 saturated carbocycles. The Balaban J connectivity index is 3.47. The summed E-state index contributed by atoms with van der Waals surface area (Å²) in [5.74, 6) is 0.321. The van der Waals surface area contributed by atoms with Crippen LogP contribution in [0.15, 0.2) is 12.2 Å². The minimum Gasteiger partial charge on any atom is -0.396 e. The SMILES string of the molecule is CCCCCC[C@@H](/C=C/COC)CO. The monoisotopic (exact) mass is 200 g/mol. The second-order valence-corrected chi connectivity index (χ2v) is 3.68. The van der Waals surface area contributed by atoms with Gasteiger partial charge in [0.15, 0.2) is 0 Å². The van der Waals surface area contributed by atoms with Crippen molar-refractivity contribution in [1.82, 2.24) is 0 Å². The van der Waals surface area contributed by atoms with Crippen LogP contribution in [0.5, 0.6) is 0 Å². The molecule has 0 aliphatic heterocycles. The number of rotatable bonds is 9. The van der Waals surface area contributed by atoms with Gasteiger partial charge in [-0.05, 0) is 12.3 Å². The van der Waals surface area contributed by atoms with E-state index in [1.54, 1.807) is 7.11 Å². The minimum atomic E-state index is 0.256. The normalized spacial score (nSPS) is 13.6. The van der Waals surface area contributed by atoms with Crippen LogP contribution < -0.4 is 0 Å². The summed E-state index contributed by atoms with van der Waals surface area (Å²) in [5.41, 5.74) is 0. The molecule has 0 aliphatic carbocycles. The maximum absolute atomic E-state index is 9.09. The summed E-state index contributed by atoms with van der Waals surface area (Å²) in [6, 6.07) is 0. The maximum atomic E-state index is 9.09. The fourth-order valence-corrected chi connectivity index (χ4v) is 1.43. The third-order valence-electron chi connectivity index (χ3n) is 2.33. The fourth-order valence-electron chi connectivity index (χ4n) is 1.43. The van der Waals surface area contributed by atoms with Gasteiger partial charge >= 0.3 is 0 Å². The molecule has 0 heterocycles. The molecule has 0 aromatic heterocycles. The molecule has 0 saturated heterocycles. The van der Waals surface area contributed by atoms with Gasteiger partial charge in [-0.25, -0.2) is 0 Å². The maximum Gasteiger partial charge on any atom is 0.0643 e. The van der Waals surface area contributed by atoms with Gasteiger partial charge in [0, 0.05) is 13.7 Å². The predicted octanol–water partition coefficient (Wildman–Crippen LogP) is 2.77. The Morgan fingerprint density at radius 2 is 2.07 bits per heavy atom. The summed E-state index contributed by atoms with van der Waals surface area (Å²) in [6.45, 7) is 3.11. The van der Waals surface area contributed by atoms with Crippen molar-refractivity contribution in [1.29, 1.82) is 0 Å². The van der Waals surface area contributed by atoms with Gasteiger partial charge in [-0.1, -0.05) is 44.8 Å². The van der Waals surface area contributed by atoms with Crippen LogP contribution in [0, 0.1) is 5.92 Å². The number of unbranched alkanes of at least 4 members (excludes halogenated alkanes) is 3.